The molecule has 0 saturated heterocycles. The van der Waals surface area contributed by atoms with Gasteiger partial charge in [-0.1, -0.05) is 25.7 Å². The average Bonchev–Trinajstić information content (AvgIpc) is 2.26. The average molecular weight is 212 g/mol. The van der Waals surface area contributed by atoms with Crippen molar-refractivity contribution in [3.05, 3.63) is 0 Å². The number of hydrogen-bond donors (Lipinski definition) is 2. The first kappa shape index (κ1) is 12.5. The van der Waals surface area contributed by atoms with Gasteiger partial charge in [0.1, 0.15) is 0 Å². The molecule has 0 radical (unpaired) electrons. The third-order valence-electron chi connectivity index (χ3n) is 3.08. The summed E-state index contributed by atoms with van der Waals surface area (Å²) in [7, 11) is 0. The van der Waals surface area contributed by atoms with Crippen molar-refractivity contribution in [1.29, 1.82) is 0 Å². The Morgan fingerprint density at radius 3 is 2.53 bits per heavy atom. The molecular weight excluding hydrogens is 188 g/mol. The lowest BCUT2D eigenvalue weighted by atomic mass is 9.95. The highest BCUT2D eigenvalue weighted by Crippen LogP contribution is 2.17. The van der Waals surface area contributed by atoms with Crippen molar-refractivity contribution in [2.75, 3.05) is 6.54 Å². The summed E-state index contributed by atoms with van der Waals surface area (Å²) in [6.07, 6.45) is 10.0. The van der Waals surface area contributed by atoms with Gasteiger partial charge < -0.3 is 11.1 Å². The summed E-state index contributed by atoms with van der Waals surface area (Å²) in [6, 6.07) is 0.459. The maximum absolute atomic E-state index is 11.5. The van der Waals surface area contributed by atoms with Gasteiger partial charge in [0.05, 0.1) is 0 Å². The van der Waals surface area contributed by atoms with E-state index < -0.39 is 0 Å². The molecule has 3 heteroatoms. The van der Waals surface area contributed by atoms with Gasteiger partial charge in [-0.3, -0.25) is 4.79 Å². The van der Waals surface area contributed by atoms with Gasteiger partial charge in [-0.25, -0.2) is 0 Å². The molecule has 0 unspecified atom stereocenters. The van der Waals surface area contributed by atoms with Crippen molar-refractivity contribution in [1.82, 2.24) is 5.32 Å². The monoisotopic (exact) mass is 212 g/mol. The van der Waals surface area contributed by atoms with Crippen LogP contribution in [0, 0.1) is 0 Å². The normalized spacial score (nSPS) is 17.7. The predicted molar refractivity (Wildman–Crippen MR) is 62.5 cm³/mol. The van der Waals surface area contributed by atoms with Crippen molar-refractivity contribution in [2.45, 2.75) is 63.8 Å². The van der Waals surface area contributed by atoms with Gasteiger partial charge in [0.2, 0.25) is 5.91 Å². The quantitative estimate of drug-likeness (QED) is 0.661. The smallest absolute Gasteiger partial charge is 0.220 e. The molecular formula is C12H24N2O. The van der Waals surface area contributed by atoms with Crippen LogP contribution in [0.3, 0.4) is 0 Å². The fourth-order valence-corrected chi connectivity index (χ4v) is 2.15. The van der Waals surface area contributed by atoms with Crippen LogP contribution in [0.1, 0.15) is 57.8 Å². The van der Waals surface area contributed by atoms with Crippen LogP contribution in [-0.4, -0.2) is 18.5 Å². The summed E-state index contributed by atoms with van der Waals surface area (Å²) in [5.41, 5.74) is 5.39. The lowest BCUT2D eigenvalue weighted by molar-refractivity contribution is -0.122. The Kier molecular flexibility index (Phi) is 6.41. The van der Waals surface area contributed by atoms with E-state index in [1.54, 1.807) is 0 Å². The lowest BCUT2D eigenvalue weighted by Crippen LogP contribution is -2.35. The number of rotatable bonds is 6. The molecule has 1 aliphatic carbocycles. The summed E-state index contributed by atoms with van der Waals surface area (Å²) >= 11 is 0. The van der Waals surface area contributed by atoms with Crippen LogP contribution in [0.15, 0.2) is 0 Å². The first-order valence-corrected chi connectivity index (χ1v) is 6.32. The fraction of sp³-hybridized carbons (Fsp3) is 0.917. The molecule has 88 valence electrons. The van der Waals surface area contributed by atoms with Crippen LogP contribution in [0.5, 0.6) is 0 Å². The molecule has 0 aromatic rings. The van der Waals surface area contributed by atoms with Gasteiger partial charge in [-0.05, 0) is 32.2 Å². The van der Waals surface area contributed by atoms with E-state index in [0.717, 1.165) is 25.8 Å². The number of carbonyl (C=O) groups is 1. The highest BCUT2D eigenvalue weighted by atomic mass is 16.1. The van der Waals surface area contributed by atoms with E-state index in [1.165, 1.54) is 32.1 Å². The SMILES string of the molecule is NCCCCCC(=O)NC1CCCCC1. The zero-order chi connectivity index (χ0) is 10.9. The maximum Gasteiger partial charge on any atom is 0.220 e. The molecule has 0 aromatic heterocycles. The van der Waals surface area contributed by atoms with Gasteiger partial charge in [-0.15, -0.1) is 0 Å². The van der Waals surface area contributed by atoms with Crippen LogP contribution < -0.4 is 11.1 Å². The molecule has 0 heterocycles. The minimum atomic E-state index is 0.235. The van der Waals surface area contributed by atoms with Crippen molar-refractivity contribution in [2.24, 2.45) is 5.73 Å². The zero-order valence-corrected chi connectivity index (χ0v) is 9.63. The minimum absolute atomic E-state index is 0.235. The Bertz CT molecular complexity index is 176. The topological polar surface area (TPSA) is 55.1 Å². The second-order valence-electron chi connectivity index (χ2n) is 4.50. The summed E-state index contributed by atoms with van der Waals surface area (Å²) < 4.78 is 0. The Labute approximate surface area is 92.8 Å². The van der Waals surface area contributed by atoms with Gasteiger partial charge >= 0.3 is 0 Å². The summed E-state index contributed by atoms with van der Waals surface area (Å²) in [5, 5.41) is 3.13. The Morgan fingerprint density at radius 2 is 1.87 bits per heavy atom. The molecule has 3 nitrogen and oxygen atoms in total. The minimum Gasteiger partial charge on any atom is -0.353 e. The number of hydrogen-bond acceptors (Lipinski definition) is 2. The fourth-order valence-electron chi connectivity index (χ4n) is 2.15. The number of amides is 1. The molecule has 1 rings (SSSR count). The third-order valence-corrected chi connectivity index (χ3v) is 3.08. The molecule has 3 N–H and O–H groups in total. The number of carbonyl (C=O) groups excluding carboxylic acids is 1. The zero-order valence-electron chi connectivity index (χ0n) is 9.63. The molecule has 1 amide bonds. The highest BCUT2D eigenvalue weighted by Gasteiger charge is 2.14. The molecule has 0 atom stereocenters. The second-order valence-corrected chi connectivity index (χ2v) is 4.50. The van der Waals surface area contributed by atoms with E-state index in [-0.39, 0.29) is 5.91 Å². The summed E-state index contributed by atoms with van der Waals surface area (Å²) in [4.78, 5) is 11.5. The molecule has 15 heavy (non-hydrogen) atoms. The van der Waals surface area contributed by atoms with E-state index in [0.29, 0.717) is 12.5 Å². The molecule has 1 aliphatic rings. The van der Waals surface area contributed by atoms with Crippen LogP contribution in [0.25, 0.3) is 0 Å². The van der Waals surface area contributed by atoms with Gasteiger partial charge in [-0.2, -0.15) is 0 Å². The largest absolute Gasteiger partial charge is 0.353 e. The molecule has 0 aromatic carbocycles. The van der Waals surface area contributed by atoms with Crippen LogP contribution in [-0.2, 0) is 4.79 Å². The molecule has 0 bridgehead atoms. The van der Waals surface area contributed by atoms with E-state index >= 15 is 0 Å². The van der Waals surface area contributed by atoms with Gasteiger partial charge in [0, 0.05) is 12.5 Å². The van der Waals surface area contributed by atoms with Crippen LogP contribution in [0.4, 0.5) is 0 Å². The van der Waals surface area contributed by atoms with Crippen LogP contribution in [0.2, 0.25) is 0 Å². The van der Waals surface area contributed by atoms with E-state index in [1.807, 2.05) is 0 Å². The number of unbranched alkanes of at least 4 members (excludes halogenated alkanes) is 2. The van der Waals surface area contributed by atoms with Crippen molar-refractivity contribution < 1.29 is 4.79 Å². The van der Waals surface area contributed by atoms with E-state index in [9.17, 15) is 4.79 Å². The second kappa shape index (κ2) is 7.69. The van der Waals surface area contributed by atoms with E-state index in [4.69, 9.17) is 5.73 Å². The predicted octanol–water partition coefficient (Wildman–Crippen LogP) is 1.95. The summed E-state index contributed by atoms with van der Waals surface area (Å²) in [5.74, 6) is 0.235. The van der Waals surface area contributed by atoms with Crippen molar-refractivity contribution in [3.63, 3.8) is 0 Å². The standard InChI is InChI=1S/C12H24N2O/c13-10-6-2-5-9-12(15)14-11-7-3-1-4-8-11/h11H,1-10,13H2,(H,14,15). The Morgan fingerprint density at radius 1 is 1.13 bits per heavy atom. The highest BCUT2D eigenvalue weighted by molar-refractivity contribution is 5.76. The lowest BCUT2D eigenvalue weighted by Gasteiger charge is -2.22. The van der Waals surface area contributed by atoms with Crippen molar-refractivity contribution in [3.8, 4) is 0 Å². The summed E-state index contributed by atoms with van der Waals surface area (Å²) in [6.45, 7) is 0.740. The maximum atomic E-state index is 11.5. The molecule has 0 spiro atoms. The van der Waals surface area contributed by atoms with Gasteiger partial charge in [0.15, 0.2) is 0 Å². The van der Waals surface area contributed by atoms with Crippen molar-refractivity contribution >= 4 is 5.91 Å². The van der Waals surface area contributed by atoms with Crippen LogP contribution >= 0.6 is 0 Å². The Balaban J connectivity index is 2.01. The Hall–Kier alpha value is -0.570. The van der Waals surface area contributed by atoms with E-state index in [2.05, 4.69) is 5.32 Å². The third kappa shape index (κ3) is 5.78. The molecule has 1 fully saturated rings. The molecule has 0 aliphatic heterocycles. The van der Waals surface area contributed by atoms with Gasteiger partial charge in [0.25, 0.3) is 0 Å². The number of nitrogens with one attached hydrogen (secondary N) is 1. The first-order chi connectivity index (χ1) is 7.33. The number of nitrogens with two attached hydrogens (primary N) is 1. The molecule has 1 saturated carbocycles. The first-order valence-electron chi connectivity index (χ1n) is 6.32.